The molecule has 0 saturated carbocycles. The number of amides is 1. The lowest BCUT2D eigenvalue weighted by Gasteiger charge is -2.31. The molecular formula is C20H23ClN2O4S. The fourth-order valence-corrected chi connectivity index (χ4v) is 5.15. The summed E-state index contributed by atoms with van der Waals surface area (Å²) in [5.41, 5.74) is 1.71. The Morgan fingerprint density at radius 1 is 1.25 bits per heavy atom. The van der Waals surface area contributed by atoms with E-state index >= 15 is 0 Å². The van der Waals surface area contributed by atoms with Gasteiger partial charge in [-0.25, -0.2) is 8.42 Å². The molecule has 1 aliphatic heterocycles. The number of ether oxygens (including phenoxy) is 1. The number of hydrogen-bond acceptors (Lipinski definition) is 4. The molecule has 0 aromatic heterocycles. The summed E-state index contributed by atoms with van der Waals surface area (Å²) in [4.78, 5) is 12.8. The number of carbonyl (C=O) groups excluding carboxylic acids is 1. The highest BCUT2D eigenvalue weighted by molar-refractivity contribution is 7.89. The van der Waals surface area contributed by atoms with Gasteiger partial charge in [-0.05, 0) is 49.6 Å². The number of anilines is 1. The average Bonchev–Trinajstić information content (AvgIpc) is 2.69. The summed E-state index contributed by atoms with van der Waals surface area (Å²) in [5.74, 6) is -0.159. The number of halogens is 1. The fourth-order valence-electron chi connectivity index (χ4n) is 3.28. The van der Waals surface area contributed by atoms with Gasteiger partial charge < -0.3 is 10.1 Å². The van der Waals surface area contributed by atoms with E-state index in [1.165, 1.54) is 29.6 Å². The van der Waals surface area contributed by atoms with Crippen LogP contribution in [0.15, 0.2) is 47.4 Å². The molecule has 0 radical (unpaired) electrons. The quantitative estimate of drug-likeness (QED) is 0.797. The Labute approximate surface area is 170 Å². The Morgan fingerprint density at radius 2 is 2.00 bits per heavy atom. The van der Waals surface area contributed by atoms with E-state index in [1.54, 1.807) is 0 Å². The molecule has 0 unspecified atom stereocenters. The minimum absolute atomic E-state index is 0.0956. The van der Waals surface area contributed by atoms with Gasteiger partial charge in [0.2, 0.25) is 15.9 Å². The van der Waals surface area contributed by atoms with E-state index in [2.05, 4.69) is 5.32 Å². The van der Waals surface area contributed by atoms with Gasteiger partial charge in [-0.2, -0.15) is 4.31 Å². The molecule has 1 aliphatic rings. The molecule has 8 heteroatoms. The molecule has 0 bridgehead atoms. The van der Waals surface area contributed by atoms with E-state index in [1.807, 2.05) is 31.2 Å². The average molecular weight is 423 g/mol. The van der Waals surface area contributed by atoms with Crippen molar-refractivity contribution in [2.75, 3.05) is 25.5 Å². The summed E-state index contributed by atoms with van der Waals surface area (Å²) in [6.45, 7) is 2.44. The van der Waals surface area contributed by atoms with Gasteiger partial charge in [-0.3, -0.25) is 4.79 Å². The predicted molar refractivity (Wildman–Crippen MR) is 109 cm³/mol. The first kappa shape index (κ1) is 20.6. The van der Waals surface area contributed by atoms with Gasteiger partial charge in [-0.15, -0.1) is 0 Å². The molecule has 1 heterocycles. The van der Waals surface area contributed by atoms with Crippen LogP contribution in [0.3, 0.4) is 0 Å². The van der Waals surface area contributed by atoms with Crippen molar-refractivity contribution in [1.82, 2.24) is 4.31 Å². The SMILES string of the molecule is COc1ccc(S(=O)(=O)N2CCC[C@H](C(=O)Nc3ccccc3C)C2)cc1Cl. The van der Waals surface area contributed by atoms with Crippen LogP contribution >= 0.6 is 11.6 Å². The Bertz CT molecular complexity index is 978. The molecule has 150 valence electrons. The standard InChI is InChI=1S/C20H23ClN2O4S/c1-14-6-3-4-8-18(14)22-20(24)15-7-5-11-23(13-15)28(25,26)16-9-10-19(27-2)17(21)12-16/h3-4,6,8-10,12,15H,5,7,11,13H2,1-2H3,(H,22,24)/t15-/m0/s1. The third-order valence-corrected chi connectivity index (χ3v) is 7.08. The molecule has 28 heavy (non-hydrogen) atoms. The molecule has 1 atom stereocenters. The second kappa shape index (κ2) is 8.51. The van der Waals surface area contributed by atoms with Gasteiger partial charge in [0.1, 0.15) is 5.75 Å². The van der Waals surface area contributed by atoms with Crippen molar-refractivity contribution >= 4 is 33.2 Å². The number of rotatable bonds is 5. The first-order chi connectivity index (χ1) is 13.3. The summed E-state index contributed by atoms with van der Waals surface area (Å²) in [5, 5.41) is 3.15. The topological polar surface area (TPSA) is 75.7 Å². The highest BCUT2D eigenvalue weighted by atomic mass is 35.5. The molecule has 1 fully saturated rings. The van der Waals surface area contributed by atoms with E-state index in [4.69, 9.17) is 16.3 Å². The number of benzene rings is 2. The van der Waals surface area contributed by atoms with E-state index in [0.29, 0.717) is 25.1 Å². The largest absolute Gasteiger partial charge is 0.495 e. The summed E-state index contributed by atoms with van der Waals surface area (Å²) in [6.07, 6.45) is 1.27. The molecule has 1 saturated heterocycles. The van der Waals surface area contributed by atoms with Gasteiger partial charge in [0.15, 0.2) is 0 Å². The normalized spacial score (nSPS) is 17.9. The molecule has 6 nitrogen and oxygen atoms in total. The van der Waals surface area contributed by atoms with Gasteiger partial charge in [0.05, 0.1) is 22.9 Å². The van der Waals surface area contributed by atoms with E-state index in [-0.39, 0.29) is 22.4 Å². The van der Waals surface area contributed by atoms with Crippen LogP contribution in [0.5, 0.6) is 5.75 Å². The molecule has 1 N–H and O–H groups in total. The van der Waals surface area contributed by atoms with Gasteiger partial charge in [0, 0.05) is 18.8 Å². The molecule has 0 aliphatic carbocycles. The first-order valence-corrected chi connectivity index (χ1v) is 10.8. The van der Waals surface area contributed by atoms with Crippen LogP contribution in [0.4, 0.5) is 5.69 Å². The van der Waals surface area contributed by atoms with Gasteiger partial charge in [0.25, 0.3) is 0 Å². The monoisotopic (exact) mass is 422 g/mol. The van der Waals surface area contributed by atoms with Gasteiger partial charge >= 0.3 is 0 Å². The lowest BCUT2D eigenvalue weighted by Crippen LogP contribution is -2.43. The van der Waals surface area contributed by atoms with Crippen LogP contribution < -0.4 is 10.1 Å². The van der Waals surface area contributed by atoms with Crippen LogP contribution in [0, 0.1) is 12.8 Å². The zero-order valence-electron chi connectivity index (χ0n) is 15.8. The number of nitrogens with zero attached hydrogens (tertiary/aromatic N) is 1. The molecular weight excluding hydrogens is 400 g/mol. The third kappa shape index (κ3) is 4.32. The number of aryl methyl sites for hydroxylation is 1. The predicted octanol–water partition coefficient (Wildman–Crippen LogP) is 3.70. The molecule has 3 rings (SSSR count). The van der Waals surface area contributed by atoms with Gasteiger partial charge in [-0.1, -0.05) is 29.8 Å². The Balaban J connectivity index is 1.76. The lowest BCUT2D eigenvalue weighted by atomic mass is 9.98. The number of carbonyl (C=O) groups is 1. The van der Waals surface area contributed by atoms with E-state index < -0.39 is 15.9 Å². The number of piperidine rings is 1. The molecule has 2 aromatic rings. The highest BCUT2D eigenvalue weighted by Crippen LogP contribution is 2.30. The minimum Gasteiger partial charge on any atom is -0.495 e. The zero-order chi connectivity index (χ0) is 20.3. The van der Waals surface area contributed by atoms with E-state index in [9.17, 15) is 13.2 Å². The molecule has 2 aromatic carbocycles. The van der Waals surface area contributed by atoms with Crippen LogP contribution in [-0.4, -0.2) is 38.8 Å². The van der Waals surface area contributed by atoms with Crippen molar-refractivity contribution in [1.29, 1.82) is 0 Å². The van der Waals surface area contributed by atoms with Crippen molar-refractivity contribution in [3.05, 3.63) is 53.1 Å². The number of nitrogens with one attached hydrogen (secondary N) is 1. The Hall–Kier alpha value is -2.09. The van der Waals surface area contributed by atoms with Crippen LogP contribution in [0.1, 0.15) is 18.4 Å². The van der Waals surface area contributed by atoms with Crippen LogP contribution in [0.25, 0.3) is 0 Å². The maximum absolute atomic E-state index is 13.0. The van der Waals surface area contributed by atoms with Crippen LogP contribution in [0.2, 0.25) is 5.02 Å². The fraction of sp³-hybridized carbons (Fsp3) is 0.350. The number of para-hydroxylation sites is 1. The number of hydrogen-bond donors (Lipinski definition) is 1. The lowest BCUT2D eigenvalue weighted by molar-refractivity contribution is -0.120. The highest BCUT2D eigenvalue weighted by Gasteiger charge is 2.33. The maximum atomic E-state index is 13.0. The Morgan fingerprint density at radius 3 is 2.68 bits per heavy atom. The van der Waals surface area contributed by atoms with Crippen molar-refractivity contribution in [2.24, 2.45) is 5.92 Å². The zero-order valence-corrected chi connectivity index (χ0v) is 17.4. The molecule has 0 spiro atoms. The Kier molecular flexibility index (Phi) is 6.27. The van der Waals surface area contributed by atoms with Crippen molar-refractivity contribution in [2.45, 2.75) is 24.7 Å². The third-order valence-electron chi connectivity index (χ3n) is 4.92. The van der Waals surface area contributed by atoms with E-state index in [0.717, 1.165) is 11.3 Å². The second-order valence-electron chi connectivity index (χ2n) is 6.80. The summed E-state index contributed by atoms with van der Waals surface area (Å²) < 4.78 is 32.5. The first-order valence-electron chi connectivity index (χ1n) is 9.03. The maximum Gasteiger partial charge on any atom is 0.243 e. The second-order valence-corrected chi connectivity index (χ2v) is 9.15. The summed E-state index contributed by atoms with van der Waals surface area (Å²) in [6, 6.07) is 11.9. The smallest absolute Gasteiger partial charge is 0.243 e. The van der Waals surface area contributed by atoms with Crippen molar-refractivity contribution in [3.63, 3.8) is 0 Å². The number of sulfonamides is 1. The molecule has 1 amide bonds. The number of methoxy groups -OCH3 is 1. The van der Waals surface area contributed by atoms with Crippen molar-refractivity contribution in [3.8, 4) is 5.75 Å². The summed E-state index contributed by atoms with van der Waals surface area (Å²) >= 11 is 6.09. The van der Waals surface area contributed by atoms with Crippen molar-refractivity contribution < 1.29 is 17.9 Å². The summed E-state index contributed by atoms with van der Waals surface area (Å²) in [7, 11) is -2.27. The van der Waals surface area contributed by atoms with Crippen LogP contribution in [-0.2, 0) is 14.8 Å². The minimum atomic E-state index is -3.74.